The molecule has 0 amide bonds. The number of benzene rings is 2. The van der Waals surface area contributed by atoms with Crippen molar-refractivity contribution in [2.75, 3.05) is 13.1 Å². The number of hydrogen-bond donors (Lipinski definition) is 2. The minimum Gasteiger partial charge on any atom is -0.311 e. The zero-order chi connectivity index (χ0) is 14.2. The van der Waals surface area contributed by atoms with Gasteiger partial charge in [-0.15, -0.1) is 0 Å². The first-order valence-corrected chi connectivity index (χ1v) is 8.23. The Bertz CT molecular complexity index is 460. The van der Waals surface area contributed by atoms with Crippen LogP contribution in [0.15, 0.2) is 57.5 Å². The van der Waals surface area contributed by atoms with Crippen LogP contribution >= 0.6 is 31.9 Å². The zero-order valence-electron chi connectivity index (χ0n) is 11.2. The van der Waals surface area contributed by atoms with Gasteiger partial charge in [0.25, 0.3) is 0 Å². The Morgan fingerprint density at radius 3 is 1.30 bits per heavy atom. The third kappa shape index (κ3) is 5.75. The fraction of sp³-hybridized carbons (Fsp3) is 0.250. The Balaban J connectivity index is 1.57. The van der Waals surface area contributed by atoms with Crippen LogP contribution in [0.3, 0.4) is 0 Å². The average Bonchev–Trinajstić information content (AvgIpc) is 2.46. The molecule has 2 aromatic carbocycles. The maximum absolute atomic E-state index is 3.44. The smallest absolute Gasteiger partial charge is 0.0206 e. The quantitative estimate of drug-likeness (QED) is 0.687. The molecular weight excluding hydrogens is 380 g/mol. The highest BCUT2D eigenvalue weighted by molar-refractivity contribution is 9.10. The van der Waals surface area contributed by atoms with E-state index in [-0.39, 0.29) is 0 Å². The lowest BCUT2D eigenvalue weighted by Gasteiger charge is -2.07. The van der Waals surface area contributed by atoms with Gasteiger partial charge in [0.2, 0.25) is 0 Å². The SMILES string of the molecule is Brc1ccc(CNCCNCc2ccc(Br)cc2)cc1. The van der Waals surface area contributed by atoms with Crippen molar-refractivity contribution in [1.29, 1.82) is 0 Å². The standard InChI is InChI=1S/C16H18Br2N2/c17-15-5-1-13(2-6-15)11-19-9-10-20-12-14-3-7-16(18)8-4-14/h1-8,19-20H,9-12H2. The van der Waals surface area contributed by atoms with Crippen LogP contribution in [0.4, 0.5) is 0 Å². The van der Waals surface area contributed by atoms with Crippen LogP contribution in [0.1, 0.15) is 11.1 Å². The molecule has 0 heterocycles. The molecule has 4 heteroatoms. The second-order valence-electron chi connectivity index (χ2n) is 4.61. The fourth-order valence-electron chi connectivity index (χ4n) is 1.85. The molecule has 0 saturated carbocycles. The summed E-state index contributed by atoms with van der Waals surface area (Å²) in [6, 6.07) is 16.8. The maximum atomic E-state index is 3.44. The van der Waals surface area contributed by atoms with E-state index in [0.717, 1.165) is 35.1 Å². The minimum absolute atomic E-state index is 0.910. The van der Waals surface area contributed by atoms with Gasteiger partial charge in [-0.3, -0.25) is 0 Å². The van der Waals surface area contributed by atoms with E-state index in [2.05, 4.69) is 91.0 Å². The molecule has 2 aromatic rings. The Morgan fingerprint density at radius 1 is 0.600 bits per heavy atom. The van der Waals surface area contributed by atoms with E-state index in [0.29, 0.717) is 0 Å². The molecule has 20 heavy (non-hydrogen) atoms. The van der Waals surface area contributed by atoms with E-state index in [4.69, 9.17) is 0 Å². The highest BCUT2D eigenvalue weighted by Crippen LogP contribution is 2.10. The summed E-state index contributed by atoms with van der Waals surface area (Å²) in [5, 5.41) is 6.86. The van der Waals surface area contributed by atoms with Gasteiger partial charge in [-0.25, -0.2) is 0 Å². The van der Waals surface area contributed by atoms with Crippen LogP contribution < -0.4 is 10.6 Å². The van der Waals surface area contributed by atoms with Crippen LogP contribution in [-0.2, 0) is 13.1 Å². The molecule has 0 radical (unpaired) electrons. The van der Waals surface area contributed by atoms with Crippen molar-refractivity contribution in [3.63, 3.8) is 0 Å². The normalized spacial score (nSPS) is 10.7. The number of halogens is 2. The zero-order valence-corrected chi connectivity index (χ0v) is 14.4. The summed E-state index contributed by atoms with van der Waals surface area (Å²) in [5.41, 5.74) is 2.61. The van der Waals surface area contributed by atoms with Crippen LogP contribution in [0.2, 0.25) is 0 Å². The lowest BCUT2D eigenvalue weighted by atomic mass is 10.2. The predicted molar refractivity (Wildman–Crippen MR) is 91.7 cm³/mol. The largest absolute Gasteiger partial charge is 0.311 e. The van der Waals surface area contributed by atoms with Crippen LogP contribution in [0.25, 0.3) is 0 Å². The second kappa shape index (κ2) is 8.57. The second-order valence-corrected chi connectivity index (χ2v) is 6.44. The number of nitrogens with one attached hydrogen (secondary N) is 2. The molecule has 2 N–H and O–H groups in total. The molecule has 0 bridgehead atoms. The summed E-state index contributed by atoms with van der Waals surface area (Å²) in [5.74, 6) is 0. The van der Waals surface area contributed by atoms with Crippen molar-refractivity contribution in [2.24, 2.45) is 0 Å². The molecule has 0 saturated heterocycles. The third-order valence-corrected chi connectivity index (χ3v) is 4.02. The summed E-state index contributed by atoms with van der Waals surface area (Å²) < 4.78 is 2.25. The molecule has 0 unspecified atom stereocenters. The molecular formula is C16H18Br2N2. The van der Waals surface area contributed by atoms with E-state index in [9.17, 15) is 0 Å². The van der Waals surface area contributed by atoms with Gasteiger partial charge in [0.1, 0.15) is 0 Å². The van der Waals surface area contributed by atoms with Crippen molar-refractivity contribution in [3.05, 3.63) is 68.6 Å². The molecule has 0 spiro atoms. The summed E-state index contributed by atoms with van der Waals surface area (Å²) in [6.07, 6.45) is 0. The van der Waals surface area contributed by atoms with Crippen molar-refractivity contribution >= 4 is 31.9 Å². The van der Waals surface area contributed by atoms with Crippen molar-refractivity contribution < 1.29 is 0 Å². The molecule has 0 aliphatic rings. The first-order chi connectivity index (χ1) is 9.74. The van der Waals surface area contributed by atoms with Crippen LogP contribution in [0.5, 0.6) is 0 Å². The van der Waals surface area contributed by atoms with E-state index >= 15 is 0 Å². The Labute approximate surface area is 137 Å². The molecule has 0 aliphatic carbocycles. The van der Waals surface area contributed by atoms with Gasteiger partial charge >= 0.3 is 0 Å². The Kier molecular flexibility index (Phi) is 6.73. The van der Waals surface area contributed by atoms with Gasteiger partial charge in [0.05, 0.1) is 0 Å². The fourth-order valence-corrected chi connectivity index (χ4v) is 2.38. The first-order valence-electron chi connectivity index (χ1n) is 6.64. The molecule has 0 aliphatic heterocycles. The molecule has 2 rings (SSSR count). The lowest BCUT2D eigenvalue weighted by molar-refractivity contribution is 0.611. The van der Waals surface area contributed by atoms with Gasteiger partial charge < -0.3 is 10.6 Å². The highest BCUT2D eigenvalue weighted by atomic mass is 79.9. The van der Waals surface area contributed by atoms with Gasteiger partial charge in [-0.2, -0.15) is 0 Å². The Morgan fingerprint density at radius 2 is 0.950 bits per heavy atom. The van der Waals surface area contributed by atoms with Crippen molar-refractivity contribution in [2.45, 2.75) is 13.1 Å². The first kappa shape index (κ1) is 15.7. The Hall–Kier alpha value is -0.680. The van der Waals surface area contributed by atoms with Gasteiger partial charge in [0, 0.05) is 35.1 Å². The van der Waals surface area contributed by atoms with Gasteiger partial charge in [-0.1, -0.05) is 56.1 Å². The summed E-state index contributed by atoms with van der Waals surface area (Å²) >= 11 is 6.88. The number of hydrogen-bond acceptors (Lipinski definition) is 2. The van der Waals surface area contributed by atoms with Gasteiger partial charge in [-0.05, 0) is 35.4 Å². The summed E-state index contributed by atoms with van der Waals surface area (Å²) in [6.45, 7) is 3.75. The summed E-state index contributed by atoms with van der Waals surface area (Å²) in [4.78, 5) is 0. The number of rotatable bonds is 7. The lowest BCUT2D eigenvalue weighted by Crippen LogP contribution is -2.26. The predicted octanol–water partition coefficient (Wildman–Crippen LogP) is 4.09. The van der Waals surface area contributed by atoms with Crippen molar-refractivity contribution in [3.8, 4) is 0 Å². The van der Waals surface area contributed by atoms with Crippen LogP contribution in [0, 0.1) is 0 Å². The topological polar surface area (TPSA) is 24.1 Å². The van der Waals surface area contributed by atoms with E-state index in [1.165, 1.54) is 11.1 Å². The highest BCUT2D eigenvalue weighted by Gasteiger charge is 1.94. The van der Waals surface area contributed by atoms with E-state index < -0.39 is 0 Å². The third-order valence-electron chi connectivity index (χ3n) is 2.96. The minimum atomic E-state index is 0.910. The van der Waals surface area contributed by atoms with Crippen molar-refractivity contribution in [1.82, 2.24) is 10.6 Å². The van der Waals surface area contributed by atoms with E-state index in [1.54, 1.807) is 0 Å². The van der Waals surface area contributed by atoms with Crippen LogP contribution in [-0.4, -0.2) is 13.1 Å². The molecule has 106 valence electrons. The molecule has 2 nitrogen and oxygen atoms in total. The molecule has 0 fully saturated rings. The maximum Gasteiger partial charge on any atom is 0.0206 e. The molecule has 0 aromatic heterocycles. The summed E-state index contributed by atoms with van der Waals surface area (Å²) in [7, 11) is 0. The van der Waals surface area contributed by atoms with Gasteiger partial charge in [0.15, 0.2) is 0 Å². The average molecular weight is 398 g/mol. The molecule has 0 atom stereocenters. The monoisotopic (exact) mass is 396 g/mol. The van der Waals surface area contributed by atoms with E-state index in [1.807, 2.05) is 0 Å².